The lowest BCUT2D eigenvalue weighted by atomic mass is 9.71. The van der Waals surface area contributed by atoms with Crippen molar-refractivity contribution in [2.45, 2.75) is 45.1 Å². The molecule has 0 spiro atoms. The molecule has 7 heteroatoms. The number of esters is 2. The number of carbonyl (C=O) groups excluding carboxylic acids is 2. The van der Waals surface area contributed by atoms with Crippen LogP contribution in [-0.2, 0) is 30.4 Å². The molecule has 0 N–H and O–H groups in total. The van der Waals surface area contributed by atoms with Crippen LogP contribution in [0.3, 0.4) is 0 Å². The third-order valence-electron chi connectivity index (χ3n) is 6.52. The van der Waals surface area contributed by atoms with Crippen LogP contribution in [0.4, 0.5) is 0 Å². The molecule has 4 atom stereocenters. The lowest BCUT2D eigenvalue weighted by molar-refractivity contribution is -0.179. The van der Waals surface area contributed by atoms with Gasteiger partial charge in [0, 0.05) is 23.2 Å². The Morgan fingerprint density at radius 2 is 1.91 bits per heavy atom. The first-order valence-corrected chi connectivity index (χ1v) is 11.3. The first-order valence-electron chi connectivity index (χ1n) is 11.0. The molecule has 174 valence electrons. The van der Waals surface area contributed by atoms with Crippen molar-refractivity contribution in [3.05, 3.63) is 82.0 Å². The lowest BCUT2D eigenvalue weighted by Crippen LogP contribution is -2.57. The van der Waals surface area contributed by atoms with Crippen molar-refractivity contribution >= 4 is 23.5 Å². The molecule has 0 unspecified atom stereocenters. The fourth-order valence-corrected chi connectivity index (χ4v) is 5.32. The quantitative estimate of drug-likeness (QED) is 0.592. The zero-order chi connectivity index (χ0) is 23.8. The highest BCUT2D eigenvalue weighted by Gasteiger charge is 2.60. The van der Waals surface area contributed by atoms with Gasteiger partial charge in [-0.2, -0.15) is 0 Å². The molecule has 2 aliphatic rings. The maximum Gasteiger partial charge on any atom is 0.336 e. The minimum absolute atomic E-state index is 0.125. The van der Waals surface area contributed by atoms with Crippen molar-refractivity contribution in [3.8, 4) is 0 Å². The van der Waals surface area contributed by atoms with E-state index in [1.54, 1.807) is 18.2 Å². The average Bonchev–Trinajstić information content (AvgIpc) is 3.12. The predicted molar refractivity (Wildman–Crippen MR) is 124 cm³/mol. The Labute approximate surface area is 199 Å². The number of ether oxygens (including phenoxy) is 3. The monoisotopic (exact) mass is 469 g/mol. The number of fused-ring (bicyclic) bond motifs is 1. The van der Waals surface area contributed by atoms with Gasteiger partial charge in [-0.1, -0.05) is 54.1 Å². The first-order chi connectivity index (χ1) is 15.8. The van der Waals surface area contributed by atoms with Crippen molar-refractivity contribution in [1.82, 2.24) is 4.90 Å². The summed E-state index contributed by atoms with van der Waals surface area (Å²) in [6.07, 6.45) is -0.133. The topological polar surface area (TPSA) is 65.1 Å². The van der Waals surface area contributed by atoms with Crippen LogP contribution in [0.2, 0.25) is 5.02 Å². The second-order valence-electron chi connectivity index (χ2n) is 8.69. The maximum absolute atomic E-state index is 13.7. The Hall–Kier alpha value is -2.83. The van der Waals surface area contributed by atoms with Crippen molar-refractivity contribution in [3.63, 3.8) is 0 Å². The zero-order valence-electron chi connectivity index (χ0n) is 19.2. The number of nitrogens with zero attached hydrogens (tertiary/aromatic N) is 1. The predicted octanol–water partition coefficient (Wildman–Crippen LogP) is 4.68. The molecule has 2 heterocycles. The Balaban J connectivity index is 1.83. The molecular formula is C26H28ClNO5. The second kappa shape index (κ2) is 9.20. The number of halogens is 1. The van der Waals surface area contributed by atoms with Gasteiger partial charge in [0.25, 0.3) is 0 Å². The van der Waals surface area contributed by atoms with Crippen LogP contribution in [0.1, 0.15) is 37.8 Å². The standard InChI is InChI=1S/C26H28ClNO5/c1-16-14-28-17(2)21(24(29)31-4)22(19-11-8-12-20(27)13-19)23(26(28,3)33-16)25(30)32-15-18-9-6-5-7-10-18/h5-13,16,22-23H,14-15H2,1-4H3/t16-,22+,23+,26-/m1/s1. The van der Waals surface area contributed by atoms with E-state index in [1.807, 2.05) is 62.1 Å². The van der Waals surface area contributed by atoms with Gasteiger partial charge in [0.15, 0.2) is 5.72 Å². The second-order valence-corrected chi connectivity index (χ2v) is 9.12. The highest BCUT2D eigenvalue weighted by atomic mass is 35.5. The molecule has 0 saturated carbocycles. The Kier molecular flexibility index (Phi) is 6.50. The number of hydrogen-bond acceptors (Lipinski definition) is 6. The lowest BCUT2D eigenvalue weighted by Gasteiger charge is -2.48. The molecular weight excluding hydrogens is 442 g/mol. The van der Waals surface area contributed by atoms with E-state index < -0.39 is 29.5 Å². The molecule has 33 heavy (non-hydrogen) atoms. The average molecular weight is 470 g/mol. The van der Waals surface area contributed by atoms with Gasteiger partial charge < -0.3 is 19.1 Å². The highest BCUT2D eigenvalue weighted by Crippen LogP contribution is 2.52. The number of methoxy groups -OCH3 is 1. The molecule has 2 aromatic rings. The van der Waals surface area contributed by atoms with Crippen LogP contribution in [-0.4, -0.2) is 42.3 Å². The van der Waals surface area contributed by atoms with E-state index in [0.29, 0.717) is 17.1 Å². The van der Waals surface area contributed by atoms with E-state index >= 15 is 0 Å². The minimum atomic E-state index is -0.998. The largest absolute Gasteiger partial charge is 0.466 e. The molecule has 0 amide bonds. The van der Waals surface area contributed by atoms with E-state index in [4.69, 9.17) is 25.8 Å². The zero-order valence-corrected chi connectivity index (χ0v) is 20.0. The minimum Gasteiger partial charge on any atom is -0.466 e. The van der Waals surface area contributed by atoms with Gasteiger partial charge in [-0.3, -0.25) is 4.79 Å². The van der Waals surface area contributed by atoms with Gasteiger partial charge in [0.1, 0.15) is 12.5 Å². The van der Waals surface area contributed by atoms with Crippen LogP contribution >= 0.6 is 11.6 Å². The van der Waals surface area contributed by atoms with E-state index in [1.165, 1.54) is 7.11 Å². The number of rotatable bonds is 5. The van der Waals surface area contributed by atoms with Gasteiger partial charge in [-0.05, 0) is 44.0 Å². The summed E-state index contributed by atoms with van der Waals surface area (Å²) in [4.78, 5) is 28.7. The SMILES string of the molecule is COC(=O)C1=C(C)N2C[C@@H](C)O[C@]2(C)[C@H](C(=O)OCc2ccccc2)[C@H]1c1cccc(Cl)c1. The van der Waals surface area contributed by atoms with Crippen molar-refractivity contribution in [2.24, 2.45) is 5.92 Å². The van der Waals surface area contributed by atoms with Crippen molar-refractivity contribution < 1.29 is 23.8 Å². The third kappa shape index (κ3) is 4.25. The maximum atomic E-state index is 13.7. The molecule has 2 aliphatic heterocycles. The summed E-state index contributed by atoms with van der Waals surface area (Å²) in [5, 5.41) is 0.513. The van der Waals surface area contributed by atoms with Crippen LogP contribution in [0.5, 0.6) is 0 Å². The summed E-state index contributed by atoms with van der Waals surface area (Å²) in [5.74, 6) is -2.40. The van der Waals surface area contributed by atoms with Gasteiger partial charge >= 0.3 is 11.9 Å². The van der Waals surface area contributed by atoms with E-state index in [0.717, 1.165) is 16.8 Å². The fourth-order valence-electron chi connectivity index (χ4n) is 5.12. The summed E-state index contributed by atoms with van der Waals surface area (Å²) in [7, 11) is 1.34. The molecule has 0 bridgehead atoms. The van der Waals surface area contributed by atoms with E-state index in [9.17, 15) is 9.59 Å². The Morgan fingerprint density at radius 3 is 2.58 bits per heavy atom. The van der Waals surface area contributed by atoms with Gasteiger partial charge in [0.05, 0.1) is 18.8 Å². The van der Waals surface area contributed by atoms with Gasteiger partial charge in [-0.15, -0.1) is 0 Å². The molecule has 0 aromatic heterocycles. The van der Waals surface area contributed by atoms with Crippen LogP contribution < -0.4 is 0 Å². The highest BCUT2D eigenvalue weighted by molar-refractivity contribution is 6.30. The van der Waals surface area contributed by atoms with Crippen molar-refractivity contribution in [1.29, 1.82) is 0 Å². The van der Waals surface area contributed by atoms with Crippen LogP contribution in [0, 0.1) is 5.92 Å². The molecule has 6 nitrogen and oxygen atoms in total. The number of carbonyl (C=O) groups is 2. The van der Waals surface area contributed by atoms with Crippen LogP contribution in [0.25, 0.3) is 0 Å². The fraction of sp³-hybridized carbons (Fsp3) is 0.385. The normalized spacial score (nSPS) is 26.7. The molecule has 0 aliphatic carbocycles. The molecule has 1 saturated heterocycles. The molecule has 1 fully saturated rings. The number of benzene rings is 2. The first kappa shape index (κ1) is 23.3. The Bertz CT molecular complexity index is 1090. The number of allylic oxidation sites excluding steroid dienone is 1. The van der Waals surface area contributed by atoms with Gasteiger partial charge in [0.2, 0.25) is 0 Å². The summed E-state index contributed by atoms with van der Waals surface area (Å²) < 4.78 is 17.3. The summed E-state index contributed by atoms with van der Waals surface area (Å²) in [5.41, 5.74) is 1.75. The number of hydrogen-bond donors (Lipinski definition) is 0. The van der Waals surface area contributed by atoms with Gasteiger partial charge in [-0.25, -0.2) is 4.79 Å². The smallest absolute Gasteiger partial charge is 0.336 e. The van der Waals surface area contributed by atoms with Crippen molar-refractivity contribution in [2.75, 3.05) is 13.7 Å². The molecule has 2 aromatic carbocycles. The summed E-state index contributed by atoms with van der Waals surface area (Å²) in [6, 6.07) is 16.7. The van der Waals surface area contributed by atoms with Crippen LogP contribution in [0.15, 0.2) is 65.9 Å². The van der Waals surface area contributed by atoms with E-state index in [2.05, 4.69) is 0 Å². The molecule has 0 radical (unpaired) electrons. The third-order valence-corrected chi connectivity index (χ3v) is 6.76. The molecule has 4 rings (SSSR count). The summed E-state index contributed by atoms with van der Waals surface area (Å²) in [6.45, 7) is 6.39. The van der Waals surface area contributed by atoms with E-state index in [-0.39, 0.29) is 12.7 Å². The Morgan fingerprint density at radius 1 is 1.18 bits per heavy atom. The summed E-state index contributed by atoms with van der Waals surface area (Å²) >= 11 is 6.31.